The minimum Gasteiger partial charge on any atom is -0.396 e. The topological polar surface area (TPSA) is 66.2 Å². The molecule has 118 valence electrons. The molecule has 2 aromatic rings. The van der Waals surface area contributed by atoms with Crippen LogP contribution >= 0.6 is 0 Å². The zero-order valence-corrected chi connectivity index (χ0v) is 13.3. The quantitative estimate of drug-likeness (QED) is 0.825. The standard InChI is InChI=1S/C18H24N2O2/c1-13-9-15(5-3-7-21)17(19-11-13)18-16(6-4-8-22)10-14(2)12-20-18/h9-12,21-22H,3-8H2,1-2H3. The van der Waals surface area contributed by atoms with Crippen LogP contribution in [-0.4, -0.2) is 33.4 Å². The molecule has 2 heterocycles. The second-order valence-corrected chi connectivity index (χ2v) is 5.70. The lowest BCUT2D eigenvalue weighted by atomic mass is 9.98. The van der Waals surface area contributed by atoms with E-state index < -0.39 is 0 Å². The van der Waals surface area contributed by atoms with E-state index in [4.69, 9.17) is 10.2 Å². The number of rotatable bonds is 7. The molecule has 2 N–H and O–H groups in total. The van der Waals surface area contributed by atoms with Crippen molar-refractivity contribution in [3.8, 4) is 11.4 Å². The van der Waals surface area contributed by atoms with Gasteiger partial charge in [0.2, 0.25) is 0 Å². The maximum atomic E-state index is 9.10. The summed E-state index contributed by atoms with van der Waals surface area (Å²) < 4.78 is 0. The van der Waals surface area contributed by atoms with Crippen molar-refractivity contribution in [3.05, 3.63) is 46.8 Å². The molecule has 4 nitrogen and oxygen atoms in total. The van der Waals surface area contributed by atoms with Crippen molar-refractivity contribution < 1.29 is 10.2 Å². The monoisotopic (exact) mass is 300 g/mol. The molecule has 0 amide bonds. The number of pyridine rings is 2. The van der Waals surface area contributed by atoms with Crippen molar-refractivity contribution in [1.82, 2.24) is 9.97 Å². The molecule has 0 atom stereocenters. The summed E-state index contributed by atoms with van der Waals surface area (Å²) in [5.74, 6) is 0. The summed E-state index contributed by atoms with van der Waals surface area (Å²) >= 11 is 0. The van der Waals surface area contributed by atoms with Crippen molar-refractivity contribution in [3.63, 3.8) is 0 Å². The molecule has 0 radical (unpaired) electrons. The van der Waals surface area contributed by atoms with Crippen molar-refractivity contribution >= 4 is 0 Å². The fraction of sp³-hybridized carbons (Fsp3) is 0.444. The van der Waals surface area contributed by atoms with E-state index in [1.54, 1.807) is 0 Å². The van der Waals surface area contributed by atoms with Gasteiger partial charge in [-0.15, -0.1) is 0 Å². The van der Waals surface area contributed by atoms with E-state index in [-0.39, 0.29) is 13.2 Å². The Hall–Kier alpha value is -1.78. The van der Waals surface area contributed by atoms with Gasteiger partial charge in [-0.2, -0.15) is 0 Å². The van der Waals surface area contributed by atoms with Crippen LogP contribution in [0.15, 0.2) is 24.5 Å². The fourth-order valence-electron chi connectivity index (χ4n) is 2.61. The van der Waals surface area contributed by atoms with Crippen LogP contribution < -0.4 is 0 Å². The zero-order chi connectivity index (χ0) is 15.9. The molecule has 0 saturated heterocycles. The van der Waals surface area contributed by atoms with Crippen molar-refractivity contribution in [2.24, 2.45) is 0 Å². The molecule has 0 bridgehead atoms. The first kappa shape index (κ1) is 16.6. The minimum atomic E-state index is 0.173. The predicted molar refractivity (Wildman–Crippen MR) is 87.8 cm³/mol. The molecule has 0 unspecified atom stereocenters. The van der Waals surface area contributed by atoms with Gasteiger partial charge in [0.25, 0.3) is 0 Å². The zero-order valence-electron chi connectivity index (χ0n) is 13.3. The Labute approximate surface area is 131 Å². The number of hydrogen-bond acceptors (Lipinski definition) is 4. The Bertz CT molecular complexity index is 571. The Morgan fingerprint density at radius 2 is 1.18 bits per heavy atom. The molecular weight excluding hydrogens is 276 g/mol. The second-order valence-electron chi connectivity index (χ2n) is 5.70. The molecule has 22 heavy (non-hydrogen) atoms. The van der Waals surface area contributed by atoms with Gasteiger partial charge < -0.3 is 10.2 Å². The van der Waals surface area contributed by atoms with E-state index in [9.17, 15) is 0 Å². The summed E-state index contributed by atoms with van der Waals surface area (Å²) in [7, 11) is 0. The highest BCUT2D eigenvalue weighted by Crippen LogP contribution is 2.26. The molecule has 0 aliphatic carbocycles. The van der Waals surface area contributed by atoms with E-state index in [2.05, 4.69) is 22.1 Å². The minimum absolute atomic E-state index is 0.173. The van der Waals surface area contributed by atoms with Gasteiger partial charge in [0.05, 0.1) is 11.4 Å². The summed E-state index contributed by atoms with van der Waals surface area (Å²) in [6, 6.07) is 4.24. The van der Waals surface area contributed by atoms with E-state index in [0.29, 0.717) is 0 Å². The second kappa shape index (κ2) is 8.01. The Balaban J connectivity index is 2.46. The van der Waals surface area contributed by atoms with Gasteiger partial charge in [-0.1, -0.05) is 12.1 Å². The Kier molecular flexibility index (Phi) is 6.04. The van der Waals surface area contributed by atoms with Gasteiger partial charge in [0, 0.05) is 25.6 Å². The third kappa shape index (κ3) is 4.12. The van der Waals surface area contributed by atoms with Crippen LogP contribution in [0.1, 0.15) is 35.1 Å². The lowest BCUT2D eigenvalue weighted by Gasteiger charge is -2.13. The van der Waals surface area contributed by atoms with E-state index in [1.165, 1.54) is 0 Å². The summed E-state index contributed by atoms with van der Waals surface area (Å²) in [6.45, 7) is 4.39. The molecule has 0 fully saturated rings. The summed E-state index contributed by atoms with van der Waals surface area (Å²) in [5, 5.41) is 18.2. The lowest BCUT2D eigenvalue weighted by Crippen LogP contribution is -2.02. The number of hydrogen-bond donors (Lipinski definition) is 2. The van der Waals surface area contributed by atoms with E-state index >= 15 is 0 Å². The van der Waals surface area contributed by atoms with Crippen molar-refractivity contribution in [2.75, 3.05) is 13.2 Å². The van der Waals surface area contributed by atoms with Gasteiger partial charge in [-0.05, 0) is 61.8 Å². The number of aryl methyl sites for hydroxylation is 4. The van der Waals surface area contributed by atoms with Crippen molar-refractivity contribution in [1.29, 1.82) is 0 Å². The molecule has 2 aromatic heterocycles. The average Bonchev–Trinajstić information content (AvgIpc) is 2.51. The largest absolute Gasteiger partial charge is 0.396 e. The fourth-order valence-corrected chi connectivity index (χ4v) is 2.61. The van der Waals surface area contributed by atoms with Crippen LogP contribution in [0.5, 0.6) is 0 Å². The molecule has 0 aliphatic rings. The van der Waals surface area contributed by atoms with Crippen LogP contribution in [0.2, 0.25) is 0 Å². The maximum Gasteiger partial charge on any atom is 0.0921 e. The highest BCUT2D eigenvalue weighted by atomic mass is 16.3. The molecule has 0 aromatic carbocycles. The van der Waals surface area contributed by atoms with E-state index in [1.807, 2.05) is 26.2 Å². The third-order valence-corrected chi connectivity index (χ3v) is 3.64. The molecule has 0 spiro atoms. The van der Waals surface area contributed by atoms with Gasteiger partial charge in [0.15, 0.2) is 0 Å². The summed E-state index contributed by atoms with van der Waals surface area (Å²) in [6.07, 6.45) is 6.72. The average molecular weight is 300 g/mol. The lowest BCUT2D eigenvalue weighted by molar-refractivity contribution is 0.288. The van der Waals surface area contributed by atoms with Crippen LogP contribution in [0.3, 0.4) is 0 Å². The highest BCUT2D eigenvalue weighted by Gasteiger charge is 2.13. The van der Waals surface area contributed by atoms with Crippen LogP contribution in [0, 0.1) is 13.8 Å². The first-order chi connectivity index (χ1) is 10.7. The van der Waals surface area contributed by atoms with Crippen LogP contribution in [0.25, 0.3) is 11.4 Å². The van der Waals surface area contributed by atoms with Gasteiger partial charge in [-0.3, -0.25) is 9.97 Å². The first-order valence-electron chi connectivity index (χ1n) is 7.79. The van der Waals surface area contributed by atoms with E-state index in [0.717, 1.165) is 59.3 Å². The number of aliphatic hydroxyl groups is 2. The van der Waals surface area contributed by atoms with Gasteiger partial charge >= 0.3 is 0 Å². The Morgan fingerprint density at radius 1 is 0.773 bits per heavy atom. The first-order valence-corrected chi connectivity index (χ1v) is 7.79. The highest BCUT2D eigenvalue weighted by molar-refractivity contribution is 5.63. The smallest absolute Gasteiger partial charge is 0.0921 e. The third-order valence-electron chi connectivity index (χ3n) is 3.64. The SMILES string of the molecule is Cc1cnc(-c2ncc(C)cc2CCCO)c(CCCO)c1. The summed E-state index contributed by atoms with van der Waals surface area (Å²) in [4.78, 5) is 9.19. The maximum absolute atomic E-state index is 9.10. The number of aromatic nitrogens is 2. The molecule has 0 aliphatic heterocycles. The van der Waals surface area contributed by atoms with Gasteiger partial charge in [0.1, 0.15) is 0 Å². The predicted octanol–water partition coefficient (Wildman–Crippen LogP) is 2.61. The normalized spacial score (nSPS) is 10.9. The van der Waals surface area contributed by atoms with Crippen LogP contribution in [0.4, 0.5) is 0 Å². The van der Waals surface area contributed by atoms with Crippen LogP contribution in [-0.2, 0) is 12.8 Å². The molecular formula is C18H24N2O2. The van der Waals surface area contributed by atoms with Crippen molar-refractivity contribution in [2.45, 2.75) is 39.5 Å². The van der Waals surface area contributed by atoms with Gasteiger partial charge in [-0.25, -0.2) is 0 Å². The Morgan fingerprint density at radius 3 is 1.55 bits per heavy atom. The summed E-state index contributed by atoms with van der Waals surface area (Å²) in [5.41, 5.74) is 6.26. The molecule has 4 heteroatoms. The molecule has 0 saturated carbocycles. The number of nitrogens with zero attached hydrogens (tertiary/aromatic N) is 2. The number of aliphatic hydroxyl groups excluding tert-OH is 2. The molecule has 2 rings (SSSR count).